The van der Waals surface area contributed by atoms with Crippen LogP contribution >= 0.6 is 0 Å². The molecule has 1 N–H and O–H groups in total. The fourth-order valence-corrected chi connectivity index (χ4v) is 2.43. The molecule has 5 heteroatoms. The number of nitrogens with zero attached hydrogens (tertiary/aromatic N) is 1. The fraction of sp³-hybridized carbons (Fsp3) is 0.438. The van der Waals surface area contributed by atoms with Crippen molar-refractivity contribution in [3.63, 3.8) is 0 Å². The minimum atomic E-state index is 0.581. The van der Waals surface area contributed by atoms with Crippen LogP contribution in [0.15, 0.2) is 12.1 Å². The van der Waals surface area contributed by atoms with E-state index in [4.69, 9.17) is 14.2 Å². The number of anilines is 1. The first-order chi connectivity index (χ1) is 10.2. The summed E-state index contributed by atoms with van der Waals surface area (Å²) in [5.74, 6) is 1.83. The van der Waals surface area contributed by atoms with E-state index in [1.165, 1.54) is 0 Å². The quantitative estimate of drug-likeness (QED) is 0.885. The summed E-state index contributed by atoms with van der Waals surface area (Å²) in [6, 6.07) is 3.94. The monoisotopic (exact) mass is 290 g/mol. The van der Waals surface area contributed by atoms with Crippen LogP contribution in [0.1, 0.15) is 19.5 Å². The number of hydrogen-bond acceptors (Lipinski definition) is 5. The Kier molecular flexibility index (Phi) is 4.73. The number of nitrogens with one attached hydrogen (secondary N) is 1. The summed E-state index contributed by atoms with van der Waals surface area (Å²) in [5, 5.41) is 4.28. The van der Waals surface area contributed by atoms with Gasteiger partial charge in [0.15, 0.2) is 11.5 Å². The summed E-state index contributed by atoms with van der Waals surface area (Å²) in [7, 11) is 4.84. The molecule has 1 heterocycles. The molecule has 0 aliphatic heterocycles. The van der Waals surface area contributed by atoms with Crippen molar-refractivity contribution < 1.29 is 14.2 Å². The first-order valence-corrected chi connectivity index (χ1v) is 7.06. The minimum Gasteiger partial charge on any atom is -0.493 e. The molecule has 0 aliphatic rings. The number of ether oxygens (including phenoxy) is 3. The zero-order chi connectivity index (χ0) is 15.4. The summed E-state index contributed by atoms with van der Waals surface area (Å²) in [6.07, 6.45) is 0.866. The molecule has 0 saturated heterocycles. The van der Waals surface area contributed by atoms with Gasteiger partial charge in [0.1, 0.15) is 0 Å². The SMILES string of the molecule is CCNc1cc(CC)nc2cc(OC)c(OC)c(OC)c12. The van der Waals surface area contributed by atoms with Crippen LogP contribution in [0.3, 0.4) is 0 Å². The second-order valence-corrected chi connectivity index (χ2v) is 4.58. The fourth-order valence-electron chi connectivity index (χ4n) is 2.43. The molecular weight excluding hydrogens is 268 g/mol. The maximum atomic E-state index is 5.57. The molecule has 0 bridgehead atoms. The van der Waals surface area contributed by atoms with Crippen LogP contribution in [0.4, 0.5) is 5.69 Å². The topological polar surface area (TPSA) is 52.6 Å². The van der Waals surface area contributed by atoms with Gasteiger partial charge in [-0.3, -0.25) is 4.98 Å². The van der Waals surface area contributed by atoms with Crippen LogP contribution < -0.4 is 19.5 Å². The Labute approximate surface area is 125 Å². The van der Waals surface area contributed by atoms with Crippen molar-refractivity contribution in [1.29, 1.82) is 0 Å². The lowest BCUT2D eigenvalue weighted by Gasteiger charge is -2.17. The van der Waals surface area contributed by atoms with Crippen molar-refractivity contribution in [2.24, 2.45) is 0 Å². The van der Waals surface area contributed by atoms with Gasteiger partial charge in [0.2, 0.25) is 5.75 Å². The number of fused-ring (bicyclic) bond motifs is 1. The number of methoxy groups -OCH3 is 3. The Morgan fingerprint density at radius 3 is 2.24 bits per heavy atom. The molecule has 0 saturated carbocycles. The molecule has 0 aliphatic carbocycles. The largest absolute Gasteiger partial charge is 0.493 e. The molecular formula is C16H22N2O3. The molecule has 21 heavy (non-hydrogen) atoms. The molecule has 114 valence electrons. The predicted molar refractivity (Wildman–Crippen MR) is 84.9 cm³/mol. The molecule has 2 aromatic rings. The summed E-state index contributed by atoms with van der Waals surface area (Å²) >= 11 is 0. The van der Waals surface area contributed by atoms with Gasteiger partial charge >= 0.3 is 0 Å². The lowest BCUT2D eigenvalue weighted by molar-refractivity contribution is 0.327. The Morgan fingerprint density at radius 2 is 1.71 bits per heavy atom. The van der Waals surface area contributed by atoms with Crippen molar-refractivity contribution in [2.45, 2.75) is 20.3 Å². The van der Waals surface area contributed by atoms with Gasteiger partial charge in [0.05, 0.1) is 32.2 Å². The molecule has 0 spiro atoms. The van der Waals surface area contributed by atoms with E-state index < -0.39 is 0 Å². The smallest absolute Gasteiger partial charge is 0.204 e. The number of hydrogen-bond donors (Lipinski definition) is 1. The average Bonchev–Trinajstić information content (AvgIpc) is 2.52. The normalized spacial score (nSPS) is 10.5. The van der Waals surface area contributed by atoms with Crippen LogP contribution in [-0.4, -0.2) is 32.9 Å². The third-order valence-electron chi connectivity index (χ3n) is 3.38. The number of aryl methyl sites for hydroxylation is 1. The molecule has 0 unspecified atom stereocenters. The van der Waals surface area contributed by atoms with E-state index in [0.29, 0.717) is 17.2 Å². The minimum absolute atomic E-state index is 0.581. The van der Waals surface area contributed by atoms with Gasteiger partial charge in [-0.1, -0.05) is 6.92 Å². The first-order valence-electron chi connectivity index (χ1n) is 7.06. The van der Waals surface area contributed by atoms with Crippen molar-refractivity contribution in [2.75, 3.05) is 33.2 Å². The third-order valence-corrected chi connectivity index (χ3v) is 3.38. The van der Waals surface area contributed by atoms with Gasteiger partial charge in [-0.2, -0.15) is 0 Å². The molecule has 1 aromatic carbocycles. The van der Waals surface area contributed by atoms with E-state index in [1.807, 2.05) is 6.07 Å². The lowest BCUT2D eigenvalue weighted by atomic mass is 10.1. The Hall–Kier alpha value is -2.17. The van der Waals surface area contributed by atoms with Crippen molar-refractivity contribution in [3.05, 3.63) is 17.8 Å². The maximum absolute atomic E-state index is 5.57. The summed E-state index contributed by atoms with van der Waals surface area (Å²) in [6.45, 7) is 4.97. The van der Waals surface area contributed by atoms with Crippen LogP contribution in [0, 0.1) is 0 Å². The van der Waals surface area contributed by atoms with E-state index in [1.54, 1.807) is 21.3 Å². The average molecular weight is 290 g/mol. The zero-order valence-corrected chi connectivity index (χ0v) is 13.2. The molecule has 0 fully saturated rings. The summed E-state index contributed by atoms with van der Waals surface area (Å²) in [4.78, 5) is 4.67. The van der Waals surface area contributed by atoms with Gasteiger partial charge in [-0.25, -0.2) is 0 Å². The second-order valence-electron chi connectivity index (χ2n) is 4.58. The van der Waals surface area contributed by atoms with E-state index in [9.17, 15) is 0 Å². The van der Waals surface area contributed by atoms with Gasteiger partial charge in [-0.15, -0.1) is 0 Å². The highest BCUT2D eigenvalue weighted by Crippen LogP contribution is 2.45. The predicted octanol–water partition coefficient (Wildman–Crippen LogP) is 3.25. The van der Waals surface area contributed by atoms with Crippen molar-refractivity contribution in [1.82, 2.24) is 4.98 Å². The molecule has 0 amide bonds. The Bertz CT molecular complexity index is 641. The van der Waals surface area contributed by atoms with Crippen LogP contribution in [0.5, 0.6) is 17.2 Å². The summed E-state index contributed by atoms with van der Waals surface area (Å²) < 4.78 is 16.4. The number of aromatic nitrogens is 1. The highest BCUT2D eigenvalue weighted by molar-refractivity contribution is 6.00. The molecule has 2 rings (SSSR count). The van der Waals surface area contributed by atoms with Gasteiger partial charge in [-0.05, 0) is 19.4 Å². The van der Waals surface area contributed by atoms with Crippen molar-refractivity contribution in [3.8, 4) is 17.2 Å². The van der Waals surface area contributed by atoms with E-state index >= 15 is 0 Å². The van der Waals surface area contributed by atoms with Crippen LogP contribution in [-0.2, 0) is 6.42 Å². The van der Waals surface area contributed by atoms with Gasteiger partial charge in [0.25, 0.3) is 0 Å². The lowest BCUT2D eigenvalue weighted by Crippen LogP contribution is -2.03. The van der Waals surface area contributed by atoms with E-state index in [2.05, 4.69) is 30.2 Å². The molecule has 1 aromatic heterocycles. The molecule has 0 atom stereocenters. The highest BCUT2D eigenvalue weighted by Gasteiger charge is 2.19. The molecule has 5 nitrogen and oxygen atoms in total. The second kappa shape index (κ2) is 6.52. The first kappa shape index (κ1) is 15.2. The van der Waals surface area contributed by atoms with Crippen LogP contribution in [0.25, 0.3) is 10.9 Å². The zero-order valence-electron chi connectivity index (χ0n) is 13.2. The van der Waals surface area contributed by atoms with Gasteiger partial charge in [0, 0.05) is 24.0 Å². The summed E-state index contributed by atoms with van der Waals surface area (Å²) in [5.41, 5.74) is 2.85. The van der Waals surface area contributed by atoms with E-state index in [0.717, 1.165) is 35.2 Å². The Balaban J connectivity index is 2.86. The van der Waals surface area contributed by atoms with E-state index in [-0.39, 0.29) is 0 Å². The van der Waals surface area contributed by atoms with Crippen molar-refractivity contribution >= 4 is 16.6 Å². The highest BCUT2D eigenvalue weighted by atomic mass is 16.5. The third kappa shape index (κ3) is 2.68. The maximum Gasteiger partial charge on any atom is 0.204 e. The number of rotatable bonds is 6. The van der Waals surface area contributed by atoms with Crippen LogP contribution in [0.2, 0.25) is 0 Å². The standard InChI is InChI=1S/C16H22N2O3/c1-6-10-8-11(17-7-2)14-12(18-10)9-13(19-3)15(20-4)16(14)21-5/h8-9H,6-7H2,1-5H3,(H,17,18). The Morgan fingerprint density at radius 1 is 1.00 bits per heavy atom. The molecule has 0 radical (unpaired) electrons. The van der Waals surface area contributed by atoms with Gasteiger partial charge < -0.3 is 19.5 Å². The number of pyridine rings is 1. The number of benzene rings is 1.